The molecule has 0 spiro atoms. The van der Waals surface area contributed by atoms with Gasteiger partial charge in [-0.05, 0) is 36.8 Å². The number of nitrogens with zero attached hydrogens (tertiary/aromatic N) is 4. The normalized spacial score (nSPS) is 16.5. The number of benzene rings is 2. The van der Waals surface area contributed by atoms with E-state index in [4.69, 9.17) is 0 Å². The number of nitrogens with one attached hydrogen (secondary N) is 1. The van der Waals surface area contributed by atoms with E-state index in [9.17, 15) is 13.2 Å². The summed E-state index contributed by atoms with van der Waals surface area (Å²) in [5.41, 5.74) is 2.56. The maximum Gasteiger partial charge on any atom is 0.243 e. The lowest BCUT2D eigenvalue weighted by Crippen LogP contribution is -2.31. The standard InChI is InChI=1S/C25H33N5O3S/c1-4-30(5-2)34(32,33)21-11-12-23-22(17-21)27-24(28(23)3)13-14-25(31)29-16-15-20(18-29)26-19-9-7-6-8-10-19/h6-12,17,20,26H,4-5,13-16,18H2,1-3H3. The molecule has 0 saturated carbocycles. The Bertz CT molecular complexity index is 1250. The number of rotatable bonds is 9. The predicted octanol–water partition coefficient (Wildman–Crippen LogP) is 3.25. The molecule has 1 N–H and O–H groups in total. The zero-order chi connectivity index (χ0) is 24.3. The van der Waals surface area contributed by atoms with Crippen molar-refractivity contribution in [2.45, 2.75) is 44.0 Å². The maximum atomic E-state index is 12.9. The van der Waals surface area contributed by atoms with Crippen LogP contribution < -0.4 is 5.32 Å². The van der Waals surface area contributed by atoms with Crippen LogP contribution in [-0.2, 0) is 28.3 Å². The summed E-state index contributed by atoms with van der Waals surface area (Å²) in [6, 6.07) is 15.4. The van der Waals surface area contributed by atoms with Crippen molar-refractivity contribution in [3.63, 3.8) is 0 Å². The monoisotopic (exact) mass is 483 g/mol. The molecule has 1 amide bonds. The zero-order valence-electron chi connectivity index (χ0n) is 20.1. The zero-order valence-corrected chi connectivity index (χ0v) is 20.9. The summed E-state index contributed by atoms with van der Waals surface area (Å²) in [4.78, 5) is 19.7. The largest absolute Gasteiger partial charge is 0.380 e. The van der Waals surface area contributed by atoms with Gasteiger partial charge in [0.2, 0.25) is 15.9 Å². The van der Waals surface area contributed by atoms with Crippen LogP contribution in [0.25, 0.3) is 11.0 Å². The first-order valence-electron chi connectivity index (χ1n) is 11.9. The fraction of sp³-hybridized carbons (Fsp3) is 0.440. The number of fused-ring (bicyclic) bond motifs is 1. The molecule has 1 aromatic heterocycles. The number of sulfonamides is 1. The van der Waals surface area contributed by atoms with Gasteiger partial charge in [-0.15, -0.1) is 0 Å². The third-order valence-electron chi connectivity index (χ3n) is 6.54. The molecule has 0 bridgehead atoms. The van der Waals surface area contributed by atoms with Gasteiger partial charge in [-0.2, -0.15) is 4.31 Å². The number of aromatic nitrogens is 2. The molecule has 1 fully saturated rings. The molecule has 1 unspecified atom stereocenters. The third kappa shape index (κ3) is 4.95. The highest BCUT2D eigenvalue weighted by Gasteiger charge is 2.26. The summed E-state index contributed by atoms with van der Waals surface area (Å²) in [7, 11) is -1.64. The second-order valence-corrected chi connectivity index (χ2v) is 10.6. The van der Waals surface area contributed by atoms with Gasteiger partial charge in [0.05, 0.1) is 15.9 Å². The number of para-hydroxylation sites is 1. The van der Waals surface area contributed by atoms with Crippen LogP contribution in [0.2, 0.25) is 0 Å². The lowest BCUT2D eigenvalue weighted by molar-refractivity contribution is -0.130. The molecular weight excluding hydrogens is 450 g/mol. The van der Waals surface area contributed by atoms with Crippen LogP contribution in [0.3, 0.4) is 0 Å². The van der Waals surface area contributed by atoms with Crippen molar-refractivity contribution in [2.75, 3.05) is 31.5 Å². The van der Waals surface area contributed by atoms with Crippen LogP contribution in [0, 0.1) is 0 Å². The average molecular weight is 484 g/mol. The lowest BCUT2D eigenvalue weighted by Gasteiger charge is -2.18. The van der Waals surface area contributed by atoms with Gasteiger partial charge in [-0.25, -0.2) is 13.4 Å². The van der Waals surface area contributed by atoms with E-state index in [1.165, 1.54) is 4.31 Å². The average Bonchev–Trinajstić information content (AvgIpc) is 3.43. The molecule has 9 heteroatoms. The number of aryl methyl sites for hydroxylation is 2. The predicted molar refractivity (Wildman–Crippen MR) is 134 cm³/mol. The van der Waals surface area contributed by atoms with Gasteiger partial charge in [-0.1, -0.05) is 32.0 Å². The minimum absolute atomic E-state index is 0.120. The second-order valence-electron chi connectivity index (χ2n) is 8.66. The molecule has 8 nitrogen and oxygen atoms in total. The summed E-state index contributed by atoms with van der Waals surface area (Å²) >= 11 is 0. The van der Waals surface area contributed by atoms with E-state index < -0.39 is 10.0 Å². The van der Waals surface area contributed by atoms with E-state index in [0.29, 0.717) is 38.0 Å². The number of amides is 1. The third-order valence-corrected chi connectivity index (χ3v) is 8.58. The van der Waals surface area contributed by atoms with Gasteiger partial charge in [-0.3, -0.25) is 4.79 Å². The molecular formula is C25H33N5O3S. The first-order valence-corrected chi connectivity index (χ1v) is 13.3. The quantitative estimate of drug-likeness (QED) is 0.505. The van der Waals surface area contributed by atoms with E-state index in [1.807, 2.05) is 60.7 Å². The summed E-state index contributed by atoms with van der Waals surface area (Å²) in [5, 5.41) is 3.50. The van der Waals surface area contributed by atoms with Gasteiger partial charge in [0.25, 0.3) is 0 Å². The van der Waals surface area contributed by atoms with Crippen molar-refractivity contribution in [1.29, 1.82) is 0 Å². The minimum Gasteiger partial charge on any atom is -0.380 e. The molecule has 3 aromatic rings. The molecule has 0 aliphatic carbocycles. The van der Waals surface area contributed by atoms with Gasteiger partial charge < -0.3 is 14.8 Å². The summed E-state index contributed by atoms with van der Waals surface area (Å²) < 4.78 is 29.1. The lowest BCUT2D eigenvalue weighted by atomic mass is 10.2. The summed E-state index contributed by atoms with van der Waals surface area (Å²) in [6.45, 7) is 5.95. The van der Waals surface area contributed by atoms with Gasteiger partial charge in [0.1, 0.15) is 5.82 Å². The molecule has 182 valence electrons. The van der Waals surface area contributed by atoms with E-state index in [1.54, 1.807) is 18.2 Å². The molecule has 4 rings (SSSR count). The number of likely N-dealkylation sites (tertiary alicyclic amines) is 1. The molecule has 1 atom stereocenters. The fourth-order valence-corrected chi connectivity index (χ4v) is 6.06. The number of anilines is 1. The van der Waals surface area contributed by atoms with Crippen LogP contribution in [0.1, 0.15) is 32.5 Å². The highest BCUT2D eigenvalue weighted by atomic mass is 32.2. The van der Waals surface area contributed by atoms with Crippen LogP contribution >= 0.6 is 0 Å². The van der Waals surface area contributed by atoms with E-state index in [-0.39, 0.29) is 16.8 Å². The Hall–Kier alpha value is -2.91. The fourth-order valence-electron chi connectivity index (χ4n) is 4.58. The van der Waals surface area contributed by atoms with Crippen molar-refractivity contribution in [1.82, 2.24) is 18.8 Å². The molecule has 2 heterocycles. The highest BCUT2D eigenvalue weighted by molar-refractivity contribution is 7.89. The Morgan fingerprint density at radius 3 is 2.59 bits per heavy atom. The summed E-state index contributed by atoms with van der Waals surface area (Å²) in [6.07, 6.45) is 1.81. The van der Waals surface area contributed by atoms with Crippen LogP contribution in [-0.4, -0.2) is 65.3 Å². The highest BCUT2D eigenvalue weighted by Crippen LogP contribution is 2.23. The number of hydrogen-bond donors (Lipinski definition) is 1. The van der Waals surface area contributed by atoms with Crippen molar-refractivity contribution in [3.05, 3.63) is 54.4 Å². The SMILES string of the molecule is CCN(CC)S(=O)(=O)c1ccc2c(c1)nc(CCC(=O)N1CCC(Nc3ccccc3)C1)n2C. The van der Waals surface area contributed by atoms with E-state index in [0.717, 1.165) is 30.0 Å². The molecule has 34 heavy (non-hydrogen) atoms. The summed E-state index contributed by atoms with van der Waals surface area (Å²) in [5.74, 6) is 0.896. The number of carbonyl (C=O) groups is 1. The first kappa shape index (κ1) is 24.2. The molecule has 1 aliphatic rings. The smallest absolute Gasteiger partial charge is 0.243 e. The molecule has 1 saturated heterocycles. The Labute approximate surface area is 201 Å². The Morgan fingerprint density at radius 1 is 1.15 bits per heavy atom. The minimum atomic E-state index is -3.54. The van der Waals surface area contributed by atoms with Gasteiger partial charge in [0, 0.05) is 57.8 Å². The van der Waals surface area contributed by atoms with Crippen LogP contribution in [0.4, 0.5) is 5.69 Å². The number of hydrogen-bond acceptors (Lipinski definition) is 5. The Balaban J connectivity index is 1.40. The van der Waals surface area contributed by atoms with Crippen molar-refractivity contribution >= 4 is 32.7 Å². The number of carbonyl (C=O) groups excluding carboxylic acids is 1. The molecule has 0 radical (unpaired) electrons. The van der Waals surface area contributed by atoms with E-state index >= 15 is 0 Å². The van der Waals surface area contributed by atoms with Crippen molar-refractivity contribution in [3.8, 4) is 0 Å². The molecule has 1 aliphatic heterocycles. The molecule has 2 aromatic carbocycles. The number of imidazole rings is 1. The van der Waals surface area contributed by atoms with Crippen LogP contribution in [0.15, 0.2) is 53.4 Å². The van der Waals surface area contributed by atoms with E-state index in [2.05, 4.69) is 10.3 Å². The Kier molecular flexibility index (Phi) is 7.23. The van der Waals surface area contributed by atoms with Gasteiger partial charge in [0.15, 0.2) is 0 Å². The second kappa shape index (κ2) is 10.1. The van der Waals surface area contributed by atoms with Gasteiger partial charge >= 0.3 is 0 Å². The Morgan fingerprint density at radius 2 is 1.88 bits per heavy atom. The van der Waals surface area contributed by atoms with Crippen molar-refractivity contribution in [2.24, 2.45) is 7.05 Å². The maximum absolute atomic E-state index is 12.9. The van der Waals surface area contributed by atoms with Crippen molar-refractivity contribution < 1.29 is 13.2 Å². The van der Waals surface area contributed by atoms with Crippen LogP contribution in [0.5, 0.6) is 0 Å². The first-order chi connectivity index (χ1) is 16.3. The topological polar surface area (TPSA) is 87.5 Å².